The number of rotatable bonds is 6. The molecule has 5 heteroatoms. The summed E-state index contributed by atoms with van der Waals surface area (Å²) in [5.74, 6) is -0.188. The number of hydrogen-bond donors (Lipinski definition) is 1. The third kappa shape index (κ3) is 3.25. The van der Waals surface area contributed by atoms with Gasteiger partial charge in [0.15, 0.2) is 5.78 Å². The Kier molecular flexibility index (Phi) is 4.51. The number of para-hydroxylation sites is 1. The second-order valence-electron chi connectivity index (χ2n) is 5.96. The van der Waals surface area contributed by atoms with Crippen LogP contribution in [0.1, 0.15) is 34.2 Å². The van der Waals surface area contributed by atoms with Gasteiger partial charge in [0.05, 0.1) is 0 Å². The van der Waals surface area contributed by atoms with Gasteiger partial charge < -0.3 is 14.5 Å². The Morgan fingerprint density at radius 2 is 1.96 bits per heavy atom. The normalized spacial score (nSPS) is 10.9. The Balaban J connectivity index is 1.55. The number of hydrogen-bond acceptors (Lipinski definition) is 2. The van der Waals surface area contributed by atoms with Gasteiger partial charge in [-0.05, 0) is 36.9 Å². The van der Waals surface area contributed by atoms with E-state index in [2.05, 4.69) is 34.3 Å². The summed E-state index contributed by atoms with van der Waals surface area (Å²) in [6, 6.07) is 12.0. The molecule has 0 aliphatic heterocycles. The van der Waals surface area contributed by atoms with E-state index in [0.717, 1.165) is 13.0 Å². The summed E-state index contributed by atoms with van der Waals surface area (Å²) in [4.78, 5) is 23.6. The van der Waals surface area contributed by atoms with Crippen molar-refractivity contribution < 1.29 is 9.59 Å². The van der Waals surface area contributed by atoms with Gasteiger partial charge in [0, 0.05) is 43.6 Å². The highest BCUT2D eigenvalue weighted by Gasteiger charge is 2.13. The molecule has 0 aliphatic rings. The third-order valence-corrected chi connectivity index (χ3v) is 4.19. The summed E-state index contributed by atoms with van der Waals surface area (Å²) < 4.78 is 3.88. The average Bonchev–Trinajstić information content (AvgIpc) is 3.15. The van der Waals surface area contributed by atoms with Crippen molar-refractivity contribution in [2.24, 2.45) is 7.05 Å². The Hall–Kier alpha value is -2.82. The van der Waals surface area contributed by atoms with Crippen LogP contribution in [0.5, 0.6) is 0 Å². The Morgan fingerprint density at radius 3 is 2.71 bits per heavy atom. The molecule has 124 valence electrons. The maximum absolute atomic E-state index is 12.2. The fourth-order valence-electron chi connectivity index (χ4n) is 2.86. The van der Waals surface area contributed by atoms with Crippen molar-refractivity contribution in [3.63, 3.8) is 0 Å². The van der Waals surface area contributed by atoms with Crippen molar-refractivity contribution in [1.29, 1.82) is 0 Å². The minimum absolute atomic E-state index is 0.0378. The highest BCUT2D eigenvalue weighted by atomic mass is 16.2. The molecule has 0 saturated heterocycles. The highest BCUT2D eigenvalue weighted by molar-refractivity contribution is 5.99. The number of carbonyl (C=O) groups is 2. The predicted octanol–water partition coefficient (Wildman–Crippen LogP) is 3.00. The minimum atomic E-state index is -0.151. The number of amides is 1. The van der Waals surface area contributed by atoms with Gasteiger partial charge in [-0.1, -0.05) is 18.2 Å². The van der Waals surface area contributed by atoms with Gasteiger partial charge in [0.2, 0.25) is 0 Å². The van der Waals surface area contributed by atoms with Crippen molar-refractivity contribution in [3.8, 4) is 0 Å². The van der Waals surface area contributed by atoms with Gasteiger partial charge in [0.25, 0.3) is 5.91 Å². The molecule has 3 aromatic rings. The Morgan fingerprint density at radius 1 is 1.17 bits per heavy atom. The highest BCUT2D eigenvalue weighted by Crippen LogP contribution is 2.15. The molecule has 1 amide bonds. The van der Waals surface area contributed by atoms with Crippen molar-refractivity contribution in [2.75, 3.05) is 6.54 Å². The van der Waals surface area contributed by atoms with Crippen LogP contribution in [0, 0.1) is 0 Å². The van der Waals surface area contributed by atoms with E-state index in [9.17, 15) is 9.59 Å². The van der Waals surface area contributed by atoms with Crippen molar-refractivity contribution in [2.45, 2.75) is 19.9 Å². The summed E-state index contributed by atoms with van der Waals surface area (Å²) >= 11 is 0. The van der Waals surface area contributed by atoms with Crippen LogP contribution in [0.4, 0.5) is 0 Å². The molecule has 3 rings (SSSR count). The standard InChI is InChI=1S/C19H21N3O2/c1-14(23)16-12-18(21(2)13-16)19(24)20-9-5-10-22-11-8-15-6-3-4-7-17(15)22/h3-4,6-8,11-13H,5,9-10H2,1-2H3,(H,20,24). The van der Waals surface area contributed by atoms with Crippen LogP contribution in [0.15, 0.2) is 48.8 Å². The molecule has 0 unspecified atom stereocenters. The van der Waals surface area contributed by atoms with Crippen LogP contribution in [0.3, 0.4) is 0 Å². The van der Waals surface area contributed by atoms with Crippen LogP contribution in [0.2, 0.25) is 0 Å². The van der Waals surface area contributed by atoms with E-state index in [1.807, 2.05) is 12.1 Å². The maximum Gasteiger partial charge on any atom is 0.267 e. The number of ketones is 1. The first kappa shape index (κ1) is 16.1. The molecule has 2 aromatic heterocycles. The third-order valence-electron chi connectivity index (χ3n) is 4.19. The molecular formula is C19H21N3O2. The lowest BCUT2D eigenvalue weighted by Crippen LogP contribution is -2.26. The van der Waals surface area contributed by atoms with E-state index in [-0.39, 0.29) is 11.7 Å². The molecule has 1 N–H and O–H groups in total. The molecule has 0 atom stereocenters. The zero-order valence-corrected chi connectivity index (χ0v) is 14.0. The predicted molar refractivity (Wildman–Crippen MR) is 94.3 cm³/mol. The van der Waals surface area contributed by atoms with Gasteiger partial charge in [-0.2, -0.15) is 0 Å². The first-order valence-corrected chi connectivity index (χ1v) is 8.05. The molecule has 1 aromatic carbocycles. The van der Waals surface area contributed by atoms with Gasteiger partial charge in [-0.25, -0.2) is 0 Å². The number of Topliss-reactive ketones (excluding diaryl/α,β-unsaturated/α-hetero) is 1. The number of nitrogens with one attached hydrogen (secondary N) is 1. The van der Waals surface area contributed by atoms with Gasteiger partial charge >= 0.3 is 0 Å². The summed E-state index contributed by atoms with van der Waals surface area (Å²) in [7, 11) is 1.77. The number of aromatic nitrogens is 2. The maximum atomic E-state index is 12.2. The van der Waals surface area contributed by atoms with Crippen LogP contribution in [0.25, 0.3) is 10.9 Å². The molecule has 0 radical (unpaired) electrons. The minimum Gasteiger partial charge on any atom is -0.351 e. The van der Waals surface area contributed by atoms with E-state index >= 15 is 0 Å². The molecule has 0 fully saturated rings. The molecule has 0 saturated carbocycles. The lowest BCUT2D eigenvalue weighted by molar-refractivity contribution is 0.0944. The van der Waals surface area contributed by atoms with Gasteiger partial charge in [-0.3, -0.25) is 9.59 Å². The van der Waals surface area contributed by atoms with Crippen LogP contribution < -0.4 is 5.32 Å². The lowest BCUT2D eigenvalue weighted by atomic mass is 10.2. The van der Waals surface area contributed by atoms with E-state index in [0.29, 0.717) is 17.8 Å². The van der Waals surface area contributed by atoms with E-state index in [4.69, 9.17) is 0 Å². The van der Waals surface area contributed by atoms with Gasteiger partial charge in [0.1, 0.15) is 5.69 Å². The number of benzene rings is 1. The topological polar surface area (TPSA) is 56.0 Å². The fraction of sp³-hybridized carbons (Fsp3) is 0.263. The van der Waals surface area contributed by atoms with Crippen LogP contribution in [-0.2, 0) is 13.6 Å². The fourth-order valence-corrected chi connectivity index (χ4v) is 2.86. The largest absolute Gasteiger partial charge is 0.351 e. The first-order chi connectivity index (χ1) is 11.6. The van der Waals surface area contributed by atoms with E-state index < -0.39 is 0 Å². The van der Waals surface area contributed by atoms with E-state index in [1.54, 1.807) is 23.9 Å². The monoisotopic (exact) mass is 323 g/mol. The lowest BCUT2D eigenvalue weighted by Gasteiger charge is -2.08. The summed E-state index contributed by atoms with van der Waals surface area (Å²) in [6.45, 7) is 2.93. The molecule has 5 nitrogen and oxygen atoms in total. The molecule has 2 heterocycles. The second-order valence-corrected chi connectivity index (χ2v) is 5.96. The van der Waals surface area contributed by atoms with Crippen molar-refractivity contribution >= 4 is 22.6 Å². The zero-order valence-electron chi connectivity index (χ0n) is 14.0. The smallest absolute Gasteiger partial charge is 0.267 e. The first-order valence-electron chi connectivity index (χ1n) is 8.05. The van der Waals surface area contributed by atoms with Crippen LogP contribution >= 0.6 is 0 Å². The van der Waals surface area contributed by atoms with Gasteiger partial charge in [-0.15, -0.1) is 0 Å². The summed E-state index contributed by atoms with van der Waals surface area (Å²) in [5.41, 5.74) is 2.27. The van der Waals surface area contributed by atoms with Crippen LogP contribution in [-0.4, -0.2) is 27.4 Å². The number of fused-ring (bicyclic) bond motifs is 1. The number of carbonyl (C=O) groups excluding carboxylic acids is 2. The van der Waals surface area contributed by atoms with Crippen molar-refractivity contribution in [3.05, 3.63) is 60.0 Å². The molecule has 0 bridgehead atoms. The van der Waals surface area contributed by atoms with E-state index in [1.165, 1.54) is 17.8 Å². The molecule has 0 aliphatic carbocycles. The zero-order chi connectivity index (χ0) is 17.1. The van der Waals surface area contributed by atoms with Crippen molar-refractivity contribution in [1.82, 2.24) is 14.5 Å². The molecule has 0 spiro atoms. The SMILES string of the molecule is CC(=O)c1cc(C(=O)NCCCn2ccc3ccccc32)n(C)c1. The number of nitrogens with zero attached hydrogens (tertiary/aromatic N) is 2. The average molecular weight is 323 g/mol. The second kappa shape index (κ2) is 6.74. The summed E-state index contributed by atoms with van der Waals surface area (Å²) in [5, 5.41) is 4.14. The number of aryl methyl sites for hydroxylation is 2. The molecule has 24 heavy (non-hydrogen) atoms. The summed E-state index contributed by atoms with van der Waals surface area (Å²) in [6.07, 6.45) is 4.60. The molecular weight excluding hydrogens is 302 g/mol. The Bertz CT molecular complexity index is 889. The quantitative estimate of drug-likeness (QED) is 0.560. The Labute approximate surface area is 140 Å².